The van der Waals surface area contributed by atoms with Crippen LogP contribution in [0.1, 0.15) is 30.1 Å². The molecule has 2 unspecified atom stereocenters. The van der Waals surface area contributed by atoms with Gasteiger partial charge in [-0.1, -0.05) is 42.3 Å². The molecule has 0 saturated heterocycles. The summed E-state index contributed by atoms with van der Waals surface area (Å²) >= 11 is 11.8. The Morgan fingerprint density at radius 3 is 2.75 bits per heavy atom. The van der Waals surface area contributed by atoms with Gasteiger partial charge in [0, 0.05) is 10.6 Å². The molecular weight excluding hydrogens is 295 g/mol. The lowest BCUT2D eigenvalue weighted by atomic mass is 9.85. The van der Waals surface area contributed by atoms with Gasteiger partial charge < -0.3 is 4.74 Å². The van der Waals surface area contributed by atoms with Crippen LogP contribution in [0.3, 0.4) is 0 Å². The first-order chi connectivity index (χ1) is 9.58. The van der Waals surface area contributed by atoms with Crippen molar-refractivity contribution in [1.29, 1.82) is 0 Å². The van der Waals surface area contributed by atoms with E-state index in [4.69, 9.17) is 27.9 Å². The molecule has 0 heterocycles. The first kappa shape index (κ1) is 15.6. The molecule has 0 aromatic heterocycles. The topological polar surface area (TPSA) is 26.3 Å². The Morgan fingerprint density at radius 2 is 2.05 bits per heavy atom. The predicted octanol–water partition coefficient (Wildman–Crippen LogP) is 4.80. The summed E-state index contributed by atoms with van der Waals surface area (Å²) in [7, 11) is 0. The summed E-state index contributed by atoms with van der Waals surface area (Å²) in [5.74, 6) is 0.994. The smallest absolute Gasteiger partial charge is 0.189 e. The molecule has 0 N–H and O–H groups in total. The zero-order valence-corrected chi connectivity index (χ0v) is 13.0. The molecule has 2 atom stereocenters. The Morgan fingerprint density at radius 1 is 1.30 bits per heavy atom. The average molecular weight is 313 g/mol. The number of ketones is 1. The molecule has 0 radical (unpaired) electrons. The van der Waals surface area contributed by atoms with Crippen molar-refractivity contribution in [2.24, 2.45) is 11.8 Å². The highest BCUT2D eigenvalue weighted by Crippen LogP contribution is 2.25. The fraction of sp³-hybridized carbons (Fsp3) is 0.438. The summed E-state index contributed by atoms with van der Waals surface area (Å²) in [5, 5.41) is 0.898. The van der Waals surface area contributed by atoms with Gasteiger partial charge in [0.25, 0.3) is 0 Å². The van der Waals surface area contributed by atoms with Crippen LogP contribution in [0.2, 0.25) is 10.0 Å². The van der Waals surface area contributed by atoms with E-state index >= 15 is 0 Å². The van der Waals surface area contributed by atoms with Crippen molar-refractivity contribution in [3.8, 4) is 0 Å². The molecule has 20 heavy (non-hydrogen) atoms. The second-order valence-corrected chi connectivity index (χ2v) is 6.09. The Kier molecular flexibility index (Phi) is 5.64. The number of hydrogen-bond donors (Lipinski definition) is 0. The molecule has 1 aliphatic rings. The van der Waals surface area contributed by atoms with Gasteiger partial charge in [0.05, 0.1) is 11.6 Å². The van der Waals surface area contributed by atoms with E-state index in [1.165, 1.54) is 0 Å². The van der Waals surface area contributed by atoms with Gasteiger partial charge in [0.15, 0.2) is 5.78 Å². The normalized spacial score (nSPS) is 21.9. The Bertz CT molecular complexity index is 511. The van der Waals surface area contributed by atoms with E-state index in [9.17, 15) is 4.79 Å². The van der Waals surface area contributed by atoms with E-state index in [1.807, 2.05) is 0 Å². The van der Waals surface area contributed by atoms with Crippen LogP contribution >= 0.6 is 23.2 Å². The predicted molar refractivity (Wildman–Crippen MR) is 82.6 cm³/mol. The van der Waals surface area contributed by atoms with Gasteiger partial charge in [-0.05, 0) is 42.9 Å². The van der Waals surface area contributed by atoms with Crippen LogP contribution in [-0.4, -0.2) is 19.0 Å². The van der Waals surface area contributed by atoms with Gasteiger partial charge >= 0.3 is 0 Å². The van der Waals surface area contributed by atoms with E-state index in [2.05, 4.69) is 19.1 Å². The number of hydrogen-bond acceptors (Lipinski definition) is 2. The summed E-state index contributed by atoms with van der Waals surface area (Å²) < 4.78 is 5.57. The van der Waals surface area contributed by atoms with Crippen molar-refractivity contribution in [1.82, 2.24) is 0 Å². The Labute approximate surface area is 129 Å². The maximum atomic E-state index is 12.0. The Hall–Kier alpha value is -0.830. The quantitative estimate of drug-likeness (QED) is 0.577. The van der Waals surface area contributed by atoms with Crippen LogP contribution in [0.25, 0.3) is 0 Å². The lowest BCUT2D eigenvalue weighted by molar-refractivity contribution is 0.0602. The third-order valence-corrected chi connectivity index (χ3v) is 4.26. The van der Waals surface area contributed by atoms with Crippen LogP contribution < -0.4 is 0 Å². The van der Waals surface area contributed by atoms with Gasteiger partial charge in [-0.3, -0.25) is 4.79 Å². The van der Waals surface area contributed by atoms with E-state index in [0.717, 1.165) is 12.8 Å². The highest BCUT2D eigenvalue weighted by atomic mass is 35.5. The summed E-state index contributed by atoms with van der Waals surface area (Å²) in [6, 6.07) is 4.88. The van der Waals surface area contributed by atoms with Gasteiger partial charge in [-0.2, -0.15) is 0 Å². The van der Waals surface area contributed by atoms with Gasteiger partial charge in [0.2, 0.25) is 0 Å². The lowest BCUT2D eigenvalue weighted by Gasteiger charge is -2.24. The van der Waals surface area contributed by atoms with Crippen molar-refractivity contribution in [2.45, 2.75) is 19.8 Å². The molecule has 0 aliphatic heterocycles. The van der Waals surface area contributed by atoms with E-state index < -0.39 is 0 Å². The van der Waals surface area contributed by atoms with E-state index in [-0.39, 0.29) is 12.4 Å². The molecule has 0 saturated carbocycles. The molecular formula is C16H18Cl2O2. The summed E-state index contributed by atoms with van der Waals surface area (Å²) in [6.45, 7) is 2.89. The van der Waals surface area contributed by atoms with Gasteiger partial charge in [0.1, 0.15) is 6.61 Å². The maximum absolute atomic E-state index is 12.0. The zero-order valence-electron chi connectivity index (χ0n) is 11.4. The molecule has 0 spiro atoms. The van der Waals surface area contributed by atoms with Crippen LogP contribution in [-0.2, 0) is 4.74 Å². The summed E-state index contributed by atoms with van der Waals surface area (Å²) in [4.78, 5) is 12.0. The van der Waals surface area contributed by atoms with E-state index in [0.29, 0.717) is 34.1 Å². The number of carbonyl (C=O) groups is 1. The Balaban J connectivity index is 1.84. The van der Waals surface area contributed by atoms with Crippen LogP contribution in [0, 0.1) is 11.8 Å². The number of carbonyl (C=O) groups excluding carboxylic acids is 1. The second-order valence-electron chi connectivity index (χ2n) is 5.24. The first-order valence-electron chi connectivity index (χ1n) is 6.79. The van der Waals surface area contributed by atoms with Crippen LogP contribution in [0.5, 0.6) is 0 Å². The number of rotatable bonds is 5. The molecule has 4 heteroatoms. The van der Waals surface area contributed by atoms with Gasteiger partial charge in [-0.25, -0.2) is 0 Å². The zero-order chi connectivity index (χ0) is 14.5. The minimum atomic E-state index is -0.106. The van der Waals surface area contributed by atoms with Crippen LogP contribution in [0.15, 0.2) is 30.4 Å². The molecule has 2 rings (SSSR count). The fourth-order valence-corrected chi connectivity index (χ4v) is 2.85. The van der Waals surface area contributed by atoms with E-state index in [1.54, 1.807) is 18.2 Å². The molecule has 0 amide bonds. The lowest BCUT2D eigenvalue weighted by Crippen LogP contribution is -2.21. The third-order valence-electron chi connectivity index (χ3n) is 3.71. The molecule has 1 aliphatic carbocycles. The minimum Gasteiger partial charge on any atom is -0.373 e. The molecule has 108 valence electrons. The number of benzene rings is 1. The fourth-order valence-electron chi connectivity index (χ4n) is 2.34. The first-order valence-corrected chi connectivity index (χ1v) is 7.54. The molecule has 1 aromatic carbocycles. The number of allylic oxidation sites excluding steroid dienone is 2. The van der Waals surface area contributed by atoms with Crippen molar-refractivity contribution in [3.05, 3.63) is 46.0 Å². The minimum absolute atomic E-state index is 0.0638. The molecule has 1 aromatic rings. The van der Waals surface area contributed by atoms with Crippen molar-refractivity contribution in [3.63, 3.8) is 0 Å². The highest BCUT2D eigenvalue weighted by Gasteiger charge is 2.19. The largest absolute Gasteiger partial charge is 0.373 e. The standard InChI is InChI=1S/C16H18Cl2O2/c1-11-4-2-3-5-12(11)9-20-10-16(19)14-7-6-13(17)8-15(14)18/h2-3,6-8,11-12H,4-5,9-10H2,1H3. The SMILES string of the molecule is CC1CC=CCC1COCC(=O)c1ccc(Cl)cc1Cl. The second kappa shape index (κ2) is 7.26. The average Bonchev–Trinajstić information content (AvgIpc) is 2.40. The molecule has 2 nitrogen and oxygen atoms in total. The van der Waals surface area contributed by atoms with Crippen LogP contribution in [0.4, 0.5) is 0 Å². The van der Waals surface area contributed by atoms with Crippen molar-refractivity contribution in [2.75, 3.05) is 13.2 Å². The van der Waals surface area contributed by atoms with Crippen molar-refractivity contribution >= 4 is 29.0 Å². The number of ether oxygens (including phenoxy) is 1. The highest BCUT2D eigenvalue weighted by molar-refractivity contribution is 6.36. The molecule has 0 bridgehead atoms. The monoisotopic (exact) mass is 312 g/mol. The number of halogens is 2. The summed E-state index contributed by atoms with van der Waals surface area (Å²) in [6.07, 6.45) is 6.51. The van der Waals surface area contributed by atoms with Crippen molar-refractivity contribution < 1.29 is 9.53 Å². The summed E-state index contributed by atoms with van der Waals surface area (Å²) in [5.41, 5.74) is 0.465. The van der Waals surface area contributed by atoms with Gasteiger partial charge in [-0.15, -0.1) is 0 Å². The maximum Gasteiger partial charge on any atom is 0.189 e. The number of Topliss-reactive ketones (excluding diaryl/α,β-unsaturated/α-hetero) is 1. The third kappa shape index (κ3) is 4.08. The molecule has 0 fully saturated rings.